The summed E-state index contributed by atoms with van der Waals surface area (Å²) in [5, 5.41) is 10.5. The Kier molecular flexibility index (Phi) is 3.31. The number of aliphatic hydroxyl groups is 1. The summed E-state index contributed by atoms with van der Waals surface area (Å²) in [6.45, 7) is 0. The van der Waals surface area contributed by atoms with Crippen molar-refractivity contribution in [2.45, 2.75) is 50.3 Å². The third kappa shape index (κ3) is 2.18. The van der Waals surface area contributed by atoms with E-state index in [2.05, 4.69) is 4.98 Å². The minimum absolute atomic E-state index is 0.0656. The molecule has 3 atom stereocenters. The summed E-state index contributed by atoms with van der Waals surface area (Å²) in [7, 11) is 0. The Morgan fingerprint density at radius 3 is 2.77 bits per heavy atom. The summed E-state index contributed by atoms with van der Waals surface area (Å²) < 4.78 is 0.870. The van der Waals surface area contributed by atoms with Crippen molar-refractivity contribution in [3.8, 4) is 0 Å². The van der Waals surface area contributed by atoms with Gasteiger partial charge in [0.05, 0.1) is 21.9 Å². The van der Waals surface area contributed by atoms with Crippen LogP contribution in [0.4, 0.5) is 5.13 Å². The molecule has 2 aromatic rings. The van der Waals surface area contributed by atoms with Gasteiger partial charge in [0.25, 0.3) is 5.91 Å². The number of nitrogen functional groups attached to an aromatic ring is 1. The maximum Gasteiger partial charge on any atom is 0.255 e. The predicted octanol–water partition coefficient (Wildman–Crippen LogP) is 2.40. The van der Waals surface area contributed by atoms with Crippen LogP contribution in [0.1, 0.15) is 42.5 Å². The van der Waals surface area contributed by atoms with Gasteiger partial charge in [-0.1, -0.05) is 17.4 Å². The van der Waals surface area contributed by atoms with E-state index in [4.69, 9.17) is 5.73 Å². The number of fused-ring (bicyclic) bond motifs is 3. The first kappa shape index (κ1) is 14.0. The van der Waals surface area contributed by atoms with Crippen LogP contribution < -0.4 is 5.73 Å². The van der Waals surface area contributed by atoms with Crippen LogP contribution in [0.15, 0.2) is 18.2 Å². The van der Waals surface area contributed by atoms with E-state index in [0.29, 0.717) is 23.5 Å². The number of anilines is 1. The molecule has 116 valence electrons. The number of rotatable bonds is 1. The lowest BCUT2D eigenvalue weighted by molar-refractivity contribution is -0.0149. The highest BCUT2D eigenvalue weighted by atomic mass is 32.1. The molecule has 2 aliphatic rings. The number of aliphatic hydroxyl groups excluding tert-OH is 1. The van der Waals surface area contributed by atoms with Crippen molar-refractivity contribution in [3.63, 3.8) is 0 Å². The van der Waals surface area contributed by atoms with Crippen LogP contribution in [0.2, 0.25) is 0 Å². The highest BCUT2D eigenvalue weighted by Gasteiger charge is 2.40. The molecule has 2 bridgehead atoms. The van der Waals surface area contributed by atoms with Gasteiger partial charge in [-0.3, -0.25) is 4.79 Å². The van der Waals surface area contributed by atoms with Crippen LogP contribution in [-0.4, -0.2) is 39.1 Å². The smallest absolute Gasteiger partial charge is 0.255 e. The molecule has 1 amide bonds. The number of aromatic nitrogens is 1. The lowest BCUT2D eigenvalue weighted by atomic mass is 9.82. The second kappa shape index (κ2) is 5.21. The molecular formula is C16H19N3O2S. The number of hydrogen-bond donors (Lipinski definition) is 2. The molecule has 5 nitrogen and oxygen atoms in total. The van der Waals surface area contributed by atoms with Crippen molar-refractivity contribution in [2.24, 2.45) is 0 Å². The first-order valence-electron chi connectivity index (χ1n) is 7.79. The zero-order chi connectivity index (χ0) is 15.3. The highest BCUT2D eigenvalue weighted by Crippen LogP contribution is 2.37. The average molecular weight is 317 g/mol. The van der Waals surface area contributed by atoms with Crippen molar-refractivity contribution >= 4 is 32.6 Å². The van der Waals surface area contributed by atoms with Gasteiger partial charge in [0.1, 0.15) is 0 Å². The maximum atomic E-state index is 13.1. The molecule has 0 spiro atoms. The fraction of sp³-hybridized carbons (Fsp3) is 0.500. The first-order chi connectivity index (χ1) is 10.6. The Balaban J connectivity index is 1.74. The van der Waals surface area contributed by atoms with E-state index < -0.39 is 0 Å². The summed E-state index contributed by atoms with van der Waals surface area (Å²) in [6.07, 6.45) is 4.24. The third-order valence-electron chi connectivity index (χ3n) is 4.85. The predicted molar refractivity (Wildman–Crippen MR) is 86.9 cm³/mol. The van der Waals surface area contributed by atoms with Gasteiger partial charge < -0.3 is 15.7 Å². The van der Waals surface area contributed by atoms with E-state index in [9.17, 15) is 9.90 Å². The number of thiazole rings is 1. The minimum Gasteiger partial charge on any atom is -0.393 e. The number of nitrogens with zero attached hydrogens (tertiary/aromatic N) is 2. The monoisotopic (exact) mass is 317 g/mol. The van der Waals surface area contributed by atoms with Gasteiger partial charge in [-0.2, -0.15) is 0 Å². The van der Waals surface area contributed by atoms with Gasteiger partial charge in [0.15, 0.2) is 5.13 Å². The van der Waals surface area contributed by atoms with Gasteiger partial charge in [0.2, 0.25) is 0 Å². The molecule has 2 fully saturated rings. The van der Waals surface area contributed by atoms with E-state index in [1.54, 1.807) is 0 Å². The van der Waals surface area contributed by atoms with Gasteiger partial charge >= 0.3 is 0 Å². The summed E-state index contributed by atoms with van der Waals surface area (Å²) in [4.78, 5) is 19.4. The van der Waals surface area contributed by atoms with E-state index >= 15 is 0 Å². The Hall–Kier alpha value is -1.66. The molecule has 6 heteroatoms. The lowest BCUT2D eigenvalue weighted by Crippen LogP contribution is -2.55. The molecule has 3 heterocycles. The molecule has 1 aromatic carbocycles. The van der Waals surface area contributed by atoms with Crippen molar-refractivity contribution < 1.29 is 9.90 Å². The minimum atomic E-state index is -0.269. The zero-order valence-corrected chi connectivity index (χ0v) is 13.1. The molecular weight excluding hydrogens is 298 g/mol. The van der Waals surface area contributed by atoms with Crippen LogP contribution >= 0.6 is 11.3 Å². The normalized spacial score (nSPS) is 28.0. The Morgan fingerprint density at radius 1 is 1.32 bits per heavy atom. The van der Waals surface area contributed by atoms with Crippen molar-refractivity contribution in [1.82, 2.24) is 9.88 Å². The Morgan fingerprint density at radius 2 is 2.05 bits per heavy atom. The van der Waals surface area contributed by atoms with Crippen molar-refractivity contribution in [2.75, 3.05) is 5.73 Å². The fourth-order valence-corrected chi connectivity index (χ4v) is 4.79. The summed E-state index contributed by atoms with van der Waals surface area (Å²) in [5.74, 6) is 0.0656. The molecule has 2 aliphatic heterocycles. The van der Waals surface area contributed by atoms with Crippen LogP contribution in [0, 0.1) is 0 Å². The Labute approximate surface area is 132 Å². The lowest BCUT2D eigenvalue weighted by Gasteiger charge is -2.47. The topological polar surface area (TPSA) is 79.5 Å². The quantitative estimate of drug-likeness (QED) is 0.846. The average Bonchev–Trinajstić information content (AvgIpc) is 2.85. The molecule has 0 radical (unpaired) electrons. The number of piperidine rings is 2. The van der Waals surface area contributed by atoms with Gasteiger partial charge in [-0.25, -0.2) is 4.98 Å². The molecule has 2 saturated heterocycles. The van der Waals surface area contributed by atoms with Crippen LogP contribution in [-0.2, 0) is 0 Å². The molecule has 1 unspecified atom stereocenters. The molecule has 0 saturated carbocycles. The summed E-state index contributed by atoms with van der Waals surface area (Å²) in [5.41, 5.74) is 7.28. The zero-order valence-electron chi connectivity index (χ0n) is 12.2. The van der Waals surface area contributed by atoms with Crippen LogP contribution in [0.5, 0.6) is 0 Å². The third-order valence-corrected chi connectivity index (χ3v) is 5.78. The number of carbonyl (C=O) groups excluding carboxylic acids is 1. The molecule has 1 aromatic heterocycles. The number of hydrogen-bond acceptors (Lipinski definition) is 5. The SMILES string of the molecule is Nc1nc2cccc(C(=O)N3[C@@H]4CCC[C@H]3CC(O)C4)c2s1. The van der Waals surface area contributed by atoms with Gasteiger partial charge in [0, 0.05) is 12.1 Å². The second-order valence-corrected chi connectivity index (χ2v) is 7.31. The second-order valence-electron chi connectivity index (χ2n) is 6.28. The number of benzene rings is 1. The standard InChI is InChI=1S/C16H19N3O2S/c17-16-18-13-6-2-5-12(14(13)22-16)15(21)19-9-3-1-4-10(19)8-11(20)7-9/h2,5-6,9-11,20H,1,3-4,7-8H2,(H2,17,18)/t9-,10+,11?. The molecule has 0 aliphatic carbocycles. The Bertz CT molecular complexity index is 715. The summed E-state index contributed by atoms with van der Waals surface area (Å²) >= 11 is 1.37. The van der Waals surface area contributed by atoms with E-state index in [-0.39, 0.29) is 24.1 Å². The van der Waals surface area contributed by atoms with E-state index in [0.717, 1.165) is 29.5 Å². The number of carbonyl (C=O) groups is 1. The molecule has 22 heavy (non-hydrogen) atoms. The number of nitrogens with two attached hydrogens (primary N) is 1. The largest absolute Gasteiger partial charge is 0.393 e. The fourth-order valence-electron chi connectivity index (χ4n) is 3.96. The maximum absolute atomic E-state index is 13.1. The van der Waals surface area contributed by atoms with Crippen LogP contribution in [0.25, 0.3) is 10.2 Å². The summed E-state index contributed by atoms with van der Waals surface area (Å²) in [6, 6.07) is 5.94. The van der Waals surface area contributed by atoms with Gasteiger partial charge in [-0.15, -0.1) is 0 Å². The molecule has 3 N–H and O–H groups in total. The van der Waals surface area contributed by atoms with E-state index in [1.807, 2.05) is 23.1 Å². The van der Waals surface area contributed by atoms with Crippen molar-refractivity contribution in [1.29, 1.82) is 0 Å². The number of amides is 1. The highest BCUT2D eigenvalue weighted by molar-refractivity contribution is 7.22. The van der Waals surface area contributed by atoms with Crippen molar-refractivity contribution in [3.05, 3.63) is 23.8 Å². The van der Waals surface area contributed by atoms with E-state index in [1.165, 1.54) is 11.3 Å². The first-order valence-corrected chi connectivity index (χ1v) is 8.61. The van der Waals surface area contributed by atoms with Crippen LogP contribution in [0.3, 0.4) is 0 Å². The van der Waals surface area contributed by atoms with Gasteiger partial charge in [-0.05, 0) is 44.2 Å². The molecule has 4 rings (SSSR count).